The molecule has 1 fully saturated rings. The van der Waals surface area contributed by atoms with Crippen LogP contribution in [0.15, 0.2) is 54.7 Å². The molecule has 4 heterocycles. The minimum absolute atomic E-state index is 0.250. The maximum absolute atomic E-state index is 13.6. The summed E-state index contributed by atoms with van der Waals surface area (Å²) in [5.41, 5.74) is 3.46. The Labute approximate surface area is 191 Å². The molecule has 170 valence electrons. The Morgan fingerprint density at radius 3 is 2.36 bits per heavy atom. The zero-order valence-electron chi connectivity index (χ0n) is 18.7. The van der Waals surface area contributed by atoms with E-state index in [1.807, 2.05) is 24.3 Å². The van der Waals surface area contributed by atoms with Gasteiger partial charge >= 0.3 is 0 Å². The van der Waals surface area contributed by atoms with Crippen molar-refractivity contribution in [1.82, 2.24) is 24.5 Å². The lowest BCUT2D eigenvalue weighted by molar-refractivity contribution is 0.111. The van der Waals surface area contributed by atoms with Gasteiger partial charge in [-0.3, -0.25) is 4.79 Å². The molecule has 0 amide bonds. The van der Waals surface area contributed by atoms with Crippen molar-refractivity contribution in [2.45, 2.75) is 19.3 Å². The maximum atomic E-state index is 13.6. The van der Waals surface area contributed by atoms with Gasteiger partial charge in [-0.2, -0.15) is 9.49 Å². The molecule has 0 bridgehead atoms. The van der Waals surface area contributed by atoms with Gasteiger partial charge in [0.25, 0.3) is 0 Å². The number of hydrogen-bond donors (Lipinski definition) is 0. The highest BCUT2D eigenvalue weighted by Gasteiger charge is 2.13. The van der Waals surface area contributed by atoms with Crippen LogP contribution in [0, 0.1) is 5.95 Å². The topological polar surface area (TPSA) is 72.6 Å². The van der Waals surface area contributed by atoms with Crippen LogP contribution in [0.1, 0.15) is 29.8 Å². The van der Waals surface area contributed by atoms with Crippen molar-refractivity contribution in [3.8, 4) is 28.3 Å². The van der Waals surface area contributed by atoms with Crippen LogP contribution >= 0.6 is 0 Å². The molecule has 8 heteroatoms. The van der Waals surface area contributed by atoms with Crippen molar-refractivity contribution in [2.75, 3.05) is 27.2 Å². The highest BCUT2D eigenvalue weighted by molar-refractivity contribution is 5.77. The van der Waals surface area contributed by atoms with E-state index >= 15 is 0 Å². The molecular formula is C25H26FN5O2. The summed E-state index contributed by atoms with van der Waals surface area (Å²) in [6.45, 7) is 2.64. The minimum atomic E-state index is -0.596. The Hall–Kier alpha value is -3.65. The van der Waals surface area contributed by atoms with E-state index in [0.717, 1.165) is 11.3 Å². The number of likely N-dealkylation sites (tertiary alicyclic amines) is 1. The number of pyridine rings is 1. The Balaban J connectivity index is 0.000000318. The number of nitrogens with zero attached hydrogens (tertiary/aromatic N) is 5. The van der Waals surface area contributed by atoms with Crippen molar-refractivity contribution in [3.05, 3.63) is 66.4 Å². The van der Waals surface area contributed by atoms with E-state index < -0.39 is 5.95 Å². The normalized spacial score (nSPS) is 13.9. The molecule has 1 aliphatic heterocycles. The largest absolute Gasteiger partial charge is 0.497 e. The van der Waals surface area contributed by atoms with Crippen LogP contribution in [-0.4, -0.2) is 58.0 Å². The van der Waals surface area contributed by atoms with Crippen LogP contribution < -0.4 is 4.74 Å². The number of piperidine rings is 1. The van der Waals surface area contributed by atoms with E-state index in [1.165, 1.54) is 49.1 Å². The molecule has 0 saturated carbocycles. The third-order valence-electron chi connectivity index (χ3n) is 5.55. The van der Waals surface area contributed by atoms with Crippen LogP contribution in [-0.2, 0) is 0 Å². The average molecular weight is 448 g/mol. The quantitative estimate of drug-likeness (QED) is 0.338. The summed E-state index contributed by atoms with van der Waals surface area (Å²) >= 11 is 0. The summed E-state index contributed by atoms with van der Waals surface area (Å²) in [5.74, 6) is 0.139. The Kier molecular flexibility index (Phi) is 7.04. The van der Waals surface area contributed by atoms with Crippen LogP contribution in [0.2, 0.25) is 0 Å². The maximum Gasteiger partial charge on any atom is 0.213 e. The van der Waals surface area contributed by atoms with Crippen LogP contribution in [0.25, 0.3) is 28.2 Å². The Morgan fingerprint density at radius 1 is 1.00 bits per heavy atom. The zero-order chi connectivity index (χ0) is 23.2. The molecule has 5 rings (SSSR count). The number of halogens is 1. The average Bonchev–Trinajstić information content (AvgIpc) is 3.28. The van der Waals surface area contributed by atoms with Crippen molar-refractivity contribution in [1.29, 1.82) is 0 Å². The molecule has 0 aliphatic carbocycles. The Morgan fingerprint density at radius 2 is 1.76 bits per heavy atom. The van der Waals surface area contributed by atoms with Crippen molar-refractivity contribution >= 4 is 11.9 Å². The molecule has 1 saturated heterocycles. The van der Waals surface area contributed by atoms with Crippen LogP contribution in [0.5, 0.6) is 5.75 Å². The number of aromatic nitrogens is 4. The predicted octanol–water partition coefficient (Wildman–Crippen LogP) is 4.52. The summed E-state index contributed by atoms with van der Waals surface area (Å²) in [7, 11) is 3.79. The van der Waals surface area contributed by atoms with Crippen LogP contribution in [0.4, 0.5) is 4.39 Å². The van der Waals surface area contributed by atoms with Gasteiger partial charge < -0.3 is 9.64 Å². The van der Waals surface area contributed by atoms with E-state index in [-0.39, 0.29) is 5.69 Å². The van der Waals surface area contributed by atoms with Gasteiger partial charge in [0, 0.05) is 29.5 Å². The molecule has 4 aromatic rings. The molecule has 7 nitrogen and oxygen atoms in total. The lowest BCUT2D eigenvalue weighted by Crippen LogP contribution is -2.24. The first-order valence-electron chi connectivity index (χ1n) is 10.9. The van der Waals surface area contributed by atoms with E-state index in [4.69, 9.17) is 4.74 Å². The van der Waals surface area contributed by atoms with E-state index in [2.05, 4.69) is 27.0 Å². The van der Waals surface area contributed by atoms with Gasteiger partial charge in [-0.1, -0.05) is 6.42 Å². The first-order chi connectivity index (χ1) is 16.1. The highest BCUT2D eigenvalue weighted by Crippen LogP contribution is 2.27. The monoisotopic (exact) mass is 447 g/mol. The smallest absolute Gasteiger partial charge is 0.213 e. The number of carbonyl (C=O) groups excluding carboxylic acids is 1. The van der Waals surface area contributed by atoms with Crippen molar-refractivity contribution in [3.63, 3.8) is 0 Å². The molecular weight excluding hydrogens is 421 g/mol. The van der Waals surface area contributed by atoms with E-state index in [1.54, 1.807) is 25.3 Å². The number of ether oxygens (including phenoxy) is 1. The van der Waals surface area contributed by atoms with Gasteiger partial charge in [0.2, 0.25) is 5.95 Å². The highest BCUT2D eigenvalue weighted by atomic mass is 19.1. The molecule has 0 radical (unpaired) electrons. The molecule has 3 aromatic heterocycles. The fraction of sp³-hybridized carbons (Fsp3) is 0.280. The zero-order valence-corrected chi connectivity index (χ0v) is 18.7. The summed E-state index contributed by atoms with van der Waals surface area (Å²) < 4.78 is 20.3. The summed E-state index contributed by atoms with van der Waals surface area (Å²) in [6.07, 6.45) is 6.31. The third-order valence-corrected chi connectivity index (χ3v) is 5.55. The van der Waals surface area contributed by atoms with Gasteiger partial charge in [0.15, 0.2) is 11.9 Å². The van der Waals surface area contributed by atoms with Crippen molar-refractivity contribution in [2.24, 2.45) is 0 Å². The molecule has 33 heavy (non-hydrogen) atoms. The number of rotatable bonds is 4. The van der Waals surface area contributed by atoms with Gasteiger partial charge in [0.1, 0.15) is 11.4 Å². The minimum Gasteiger partial charge on any atom is -0.497 e. The fourth-order valence-electron chi connectivity index (χ4n) is 3.78. The Bertz CT molecular complexity index is 1230. The van der Waals surface area contributed by atoms with Gasteiger partial charge in [0.05, 0.1) is 18.5 Å². The lowest BCUT2D eigenvalue weighted by Gasteiger charge is -2.20. The lowest BCUT2D eigenvalue weighted by atomic mass is 10.1. The first-order valence-corrected chi connectivity index (χ1v) is 10.9. The fourth-order valence-corrected chi connectivity index (χ4v) is 3.78. The number of fused-ring (bicyclic) bond motifs is 1. The van der Waals surface area contributed by atoms with Crippen LogP contribution in [0.3, 0.4) is 0 Å². The molecule has 1 aromatic carbocycles. The number of aldehydes is 1. The number of carbonyl (C=O) groups is 1. The van der Waals surface area contributed by atoms with E-state index in [9.17, 15) is 9.18 Å². The molecule has 0 unspecified atom stereocenters. The standard InChI is InChI=1S/C19H13FN4O2.C6H13N/c1-26-15-4-2-12(3-5-15)16-10-17(13-6-7-21-18(20)8-13)24-19(22-16)9-14(11-25)23-24;1-7-5-3-2-4-6-7/h2-11H,1H3;2-6H2,1H3. The third kappa shape index (κ3) is 5.40. The second-order valence-electron chi connectivity index (χ2n) is 7.94. The van der Waals surface area contributed by atoms with Crippen molar-refractivity contribution < 1.29 is 13.9 Å². The van der Waals surface area contributed by atoms with Gasteiger partial charge in [-0.25, -0.2) is 14.5 Å². The summed E-state index contributed by atoms with van der Waals surface area (Å²) in [5, 5.41) is 4.22. The van der Waals surface area contributed by atoms with E-state index in [0.29, 0.717) is 28.9 Å². The number of methoxy groups -OCH3 is 1. The first kappa shape index (κ1) is 22.5. The molecule has 0 spiro atoms. The second kappa shape index (κ2) is 10.3. The molecule has 0 atom stereocenters. The molecule has 1 aliphatic rings. The SMILES string of the molecule is CN1CCCCC1.COc1ccc(-c2cc(-c3ccnc(F)c3)n3nc(C=O)cc3n2)cc1. The summed E-state index contributed by atoms with van der Waals surface area (Å²) in [6, 6.07) is 13.8. The number of hydrogen-bond acceptors (Lipinski definition) is 6. The van der Waals surface area contributed by atoms with Gasteiger partial charge in [-0.15, -0.1) is 0 Å². The summed E-state index contributed by atoms with van der Waals surface area (Å²) in [4.78, 5) is 21.7. The second-order valence-corrected chi connectivity index (χ2v) is 7.94. The molecule has 0 N–H and O–H groups in total. The predicted molar refractivity (Wildman–Crippen MR) is 125 cm³/mol. The van der Waals surface area contributed by atoms with Gasteiger partial charge in [-0.05, 0) is 69.4 Å². The number of benzene rings is 1.